The van der Waals surface area contributed by atoms with Crippen LogP contribution in [0.25, 0.3) is 66.8 Å². The Morgan fingerprint density at radius 3 is 1.24 bits per heavy atom. The quantitative estimate of drug-likeness (QED) is 0.103. The van der Waals surface area contributed by atoms with Crippen LogP contribution in [-0.4, -0.2) is 4.43 Å². The molecule has 0 bridgehead atoms. The van der Waals surface area contributed by atoms with Crippen molar-refractivity contribution >= 4 is 39.7 Å². The number of hydrogen-bond acceptors (Lipinski definition) is 1. The van der Waals surface area contributed by atoms with Gasteiger partial charge in [-0.3, -0.25) is 0 Å². The van der Waals surface area contributed by atoms with Crippen LogP contribution in [-0.2, 0) is 5.41 Å². The van der Waals surface area contributed by atoms with E-state index in [1.165, 1.54) is 77.9 Å². The first kappa shape index (κ1) is 36.8. The maximum Gasteiger partial charge on any atom is 0.0468 e. The molecular formula is C57H42IN. The average Bonchev–Trinajstić information content (AvgIpc) is 3.57. The first-order chi connectivity index (χ1) is 29.1. The van der Waals surface area contributed by atoms with E-state index in [1.807, 2.05) is 0 Å². The van der Waals surface area contributed by atoms with Gasteiger partial charge in [-0.2, -0.15) is 0 Å². The van der Waals surface area contributed by atoms with Crippen LogP contribution >= 0.6 is 22.6 Å². The molecule has 10 rings (SSSR count). The van der Waals surface area contributed by atoms with Gasteiger partial charge in [-0.05, 0) is 114 Å². The van der Waals surface area contributed by atoms with Gasteiger partial charge in [-0.25, -0.2) is 0 Å². The largest absolute Gasteiger partial charge is 0.310 e. The molecule has 0 saturated heterocycles. The second-order valence-corrected chi connectivity index (χ2v) is 16.4. The van der Waals surface area contributed by atoms with E-state index in [4.69, 9.17) is 0 Å². The highest BCUT2D eigenvalue weighted by atomic mass is 127. The number of nitrogens with zero attached hydrogens (tertiary/aromatic N) is 1. The predicted octanol–water partition coefficient (Wildman–Crippen LogP) is 16.2. The van der Waals surface area contributed by atoms with Gasteiger partial charge in [-0.15, -0.1) is 0 Å². The Kier molecular flexibility index (Phi) is 9.79. The van der Waals surface area contributed by atoms with Gasteiger partial charge in [0.25, 0.3) is 0 Å². The SMILES string of the molecule is CC1(CI)c2ccccc2-c2ccc(N(c3ccc(-c4ccccc4)cc3)c3ccc(-c4ccc(-c5ccc(-c6ccccc6)cc5)cc4)c(-c4ccccc4)c3)cc21. The van der Waals surface area contributed by atoms with Crippen molar-refractivity contribution in [3.8, 4) is 66.8 Å². The van der Waals surface area contributed by atoms with Gasteiger partial charge in [0.2, 0.25) is 0 Å². The first-order valence-electron chi connectivity index (χ1n) is 20.3. The highest BCUT2D eigenvalue weighted by molar-refractivity contribution is 14.1. The topological polar surface area (TPSA) is 3.24 Å². The molecular weight excluding hydrogens is 826 g/mol. The van der Waals surface area contributed by atoms with E-state index >= 15 is 0 Å². The lowest BCUT2D eigenvalue weighted by atomic mass is 9.82. The molecule has 1 nitrogen and oxygen atoms in total. The van der Waals surface area contributed by atoms with E-state index in [0.29, 0.717) is 0 Å². The van der Waals surface area contributed by atoms with Crippen molar-refractivity contribution in [1.29, 1.82) is 0 Å². The van der Waals surface area contributed by atoms with Crippen molar-refractivity contribution < 1.29 is 0 Å². The van der Waals surface area contributed by atoms with Crippen molar-refractivity contribution in [1.82, 2.24) is 0 Å². The molecule has 0 amide bonds. The lowest BCUT2D eigenvalue weighted by molar-refractivity contribution is 0.684. The summed E-state index contributed by atoms with van der Waals surface area (Å²) in [7, 11) is 0. The molecule has 0 spiro atoms. The fourth-order valence-corrected chi connectivity index (χ4v) is 9.66. The van der Waals surface area contributed by atoms with E-state index in [9.17, 15) is 0 Å². The summed E-state index contributed by atoms with van der Waals surface area (Å²) in [4.78, 5) is 2.43. The summed E-state index contributed by atoms with van der Waals surface area (Å²) >= 11 is 2.58. The van der Waals surface area contributed by atoms with Crippen LogP contribution in [0.4, 0.5) is 17.1 Å². The Balaban J connectivity index is 1.07. The number of halogens is 1. The third-order valence-electron chi connectivity index (χ3n) is 12.0. The molecule has 1 unspecified atom stereocenters. The van der Waals surface area contributed by atoms with Crippen LogP contribution in [0, 0.1) is 0 Å². The van der Waals surface area contributed by atoms with E-state index in [1.54, 1.807) is 0 Å². The monoisotopic (exact) mass is 867 g/mol. The van der Waals surface area contributed by atoms with Gasteiger partial charge >= 0.3 is 0 Å². The molecule has 0 aromatic heterocycles. The Labute approximate surface area is 361 Å². The first-order valence-corrected chi connectivity index (χ1v) is 21.8. The summed E-state index contributed by atoms with van der Waals surface area (Å²) < 4.78 is 0.995. The fraction of sp³-hybridized carbons (Fsp3) is 0.0526. The number of alkyl halides is 1. The normalized spacial score (nSPS) is 14.1. The molecule has 1 aliphatic carbocycles. The number of fused-ring (bicyclic) bond motifs is 3. The molecule has 9 aromatic rings. The summed E-state index contributed by atoms with van der Waals surface area (Å²) in [6.45, 7) is 2.40. The van der Waals surface area contributed by atoms with Gasteiger partial charge in [0, 0.05) is 26.9 Å². The maximum atomic E-state index is 2.58. The van der Waals surface area contributed by atoms with Crippen LogP contribution in [0.2, 0.25) is 0 Å². The van der Waals surface area contributed by atoms with Crippen LogP contribution in [0.1, 0.15) is 18.1 Å². The van der Waals surface area contributed by atoms with Gasteiger partial charge in [0.1, 0.15) is 0 Å². The average molecular weight is 868 g/mol. The molecule has 282 valence electrons. The summed E-state index contributed by atoms with van der Waals surface area (Å²) in [5.74, 6) is 0. The van der Waals surface area contributed by atoms with Crippen LogP contribution in [0.5, 0.6) is 0 Å². The number of benzene rings is 9. The summed E-state index contributed by atoms with van der Waals surface area (Å²) in [6.07, 6.45) is 0. The summed E-state index contributed by atoms with van der Waals surface area (Å²) in [6, 6.07) is 82.0. The lowest BCUT2D eigenvalue weighted by Gasteiger charge is -2.30. The van der Waals surface area contributed by atoms with E-state index in [-0.39, 0.29) is 5.41 Å². The molecule has 1 aliphatic rings. The van der Waals surface area contributed by atoms with Crippen molar-refractivity contribution in [2.75, 3.05) is 9.33 Å². The molecule has 0 aliphatic heterocycles. The zero-order chi connectivity index (χ0) is 39.8. The number of rotatable bonds is 9. The Bertz CT molecular complexity index is 2880. The third-order valence-corrected chi connectivity index (χ3v) is 13.6. The molecule has 9 aromatic carbocycles. The highest BCUT2D eigenvalue weighted by Gasteiger charge is 2.38. The highest BCUT2D eigenvalue weighted by Crippen LogP contribution is 2.52. The standard InChI is InChI=1S/C57H42IN/c1-57(39-58)55-20-12-11-19-52(55)53-36-34-50(38-56(53)57)59(48-31-29-45(30-32-48)41-15-7-3-8-16-41)49-33-35-51(54(37-49)46-17-9-4-10-18-46)47-27-25-44(26-28-47)43-23-21-42(22-24-43)40-13-5-2-6-14-40/h2-38H,39H2,1H3. The molecule has 0 saturated carbocycles. The lowest BCUT2D eigenvalue weighted by Crippen LogP contribution is -2.22. The molecule has 0 heterocycles. The smallest absolute Gasteiger partial charge is 0.0468 e. The van der Waals surface area contributed by atoms with Gasteiger partial charge < -0.3 is 4.90 Å². The fourth-order valence-electron chi connectivity index (χ4n) is 8.84. The Morgan fingerprint density at radius 1 is 0.322 bits per heavy atom. The minimum absolute atomic E-state index is 0.0829. The number of anilines is 3. The Morgan fingerprint density at radius 2 is 0.695 bits per heavy atom. The summed E-state index contributed by atoms with van der Waals surface area (Å²) in [5.41, 5.74) is 20.8. The van der Waals surface area contributed by atoms with Crippen molar-refractivity contribution in [3.05, 3.63) is 236 Å². The number of hydrogen-bond donors (Lipinski definition) is 0. The van der Waals surface area contributed by atoms with E-state index in [2.05, 4.69) is 259 Å². The van der Waals surface area contributed by atoms with Crippen LogP contribution in [0.15, 0.2) is 224 Å². The van der Waals surface area contributed by atoms with Crippen molar-refractivity contribution in [3.63, 3.8) is 0 Å². The van der Waals surface area contributed by atoms with Gasteiger partial charge in [-0.1, -0.05) is 218 Å². The van der Waals surface area contributed by atoms with Crippen molar-refractivity contribution in [2.24, 2.45) is 0 Å². The van der Waals surface area contributed by atoms with E-state index in [0.717, 1.165) is 21.5 Å². The van der Waals surface area contributed by atoms with Gasteiger partial charge in [0.05, 0.1) is 0 Å². The molecule has 1 atom stereocenters. The van der Waals surface area contributed by atoms with Crippen LogP contribution in [0.3, 0.4) is 0 Å². The zero-order valence-corrected chi connectivity index (χ0v) is 35.1. The molecule has 2 heteroatoms. The van der Waals surface area contributed by atoms with Gasteiger partial charge in [0.15, 0.2) is 0 Å². The van der Waals surface area contributed by atoms with Crippen LogP contribution < -0.4 is 4.90 Å². The molecule has 0 radical (unpaired) electrons. The predicted molar refractivity (Wildman–Crippen MR) is 259 cm³/mol. The Hall–Kier alpha value is -6.49. The molecule has 0 N–H and O–H groups in total. The summed E-state index contributed by atoms with van der Waals surface area (Å²) in [5, 5.41) is 0. The second-order valence-electron chi connectivity index (χ2n) is 15.6. The third kappa shape index (κ3) is 6.88. The molecule has 0 fully saturated rings. The van der Waals surface area contributed by atoms with Crippen molar-refractivity contribution in [2.45, 2.75) is 12.3 Å². The zero-order valence-electron chi connectivity index (χ0n) is 32.9. The second kappa shape index (κ2) is 15.7. The molecule has 59 heavy (non-hydrogen) atoms. The maximum absolute atomic E-state index is 2.58. The minimum atomic E-state index is -0.0829. The van der Waals surface area contributed by atoms with E-state index < -0.39 is 0 Å². The minimum Gasteiger partial charge on any atom is -0.310 e.